The standard InChI is InChI=1S/C14H26N2O4S/c1-7-15-8-12-10(2)20-11(3)13(12)21(17,18)16-9-14(4,5)19-6/h15-16H,7-9H2,1-6H3. The molecule has 0 radical (unpaired) electrons. The smallest absolute Gasteiger partial charge is 0.244 e. The first-order chi connectivity index (χ1) is 9.64. The maximum Gasteiger partial charge on any atom is 0.244 e. The topological polar surface area (TPSA) is 80.6 Å². The number of ether oxygens (including phenoxy) is 1. The molecule has 0 spiro atoms. The van der Waals surface area contributed by atoms with Gasteiger partial charge in [-0.05, 0) is 34.2 Å². The molecule has 0 aliphatic rings. The van der Waals surface area contributed by atoms with Crippen LogP contribution in [-0.2, 0) is 21.3 Å². The maximum absolute atomic E-state index is 12.6. The predicted molar refractivity (Wildman–Crippen MR) is 81.8 cm³/mol. The Kier molecular flexibility index (Phi) is 5.98. The molecule has 1 rings (SSSR count). The van der Waals surface area contributed by atoms with E-state index >= 15 is 0 Å². The molecule has 0 unspecified atom stereocenters. The lowest BCUT2D eigenvalue weighted by atomic mass is 10.1. The van der Waals surface area contributed by atoms with Gasteiger partial charge in [-0.3, -0.25) is 0 Å². The van der Waals surface area contributed by atoms with Crippen molar-refractivity contribution in [3.63, 3.8) is 0 Å². The van der Waals surface area contributed by atoms with Gasteiger partial charge in [0, 0.05) is 25.8 Å². The van der Waals surface area contributed by atoms with E-state index in [1.165, 1.54) is 0 Å². The second-order valence-corrected chi connectivity index (χ2v) is 7.29. The molecule has 0 atom stereocenters. The number of aryl methyl sites for hydroxylation is 2. The van der Waals surface area contributed by atoms with E-state index in [0.29, 0.717) is 23.6 Å². The Morgan fingerprint density at radius 3 is 2.38 bits per heavy atom. The highest BCUT2D eigenvalue weighted by atomic mass is 32.2. The number of hydrogen-bond acceptors (Lipinski definition) is 5. The first-order valence-corrected chi connectivity index (χ1v) is 8.47. The second kappa shape index (κ2) is 6.91. The van der Waals surface area contributed by atoms with Crippen LogP contribution >= 0.6 is 0 Å². The molecule has 0 fully saturated rings. The fourth-order valence-corrected chi connectivity index (χ4v) is 3.57. The van der Waals surface area contributed by atoms with Crippen LogP contribution in [0.3, 0.4) is 0 Å². The largest absolute Gasteiger partial charge is 0.465 e. The first-order valence-electron chi connectivity index (χ1n) is 6.99. The first kappa shape index (κ1) is 18.2. The Morgan fingerprint density at radius 1 is 1.24 bits per heavy atom. The van der Waals surface area contributed by atoms with Crippen LogP contribution in [0.15, 0.2) is 9.31 Å². The third kappa shape index (κ3) is 4.54. The van der Waals surface area contributed by atoms with Gasteiger partial charge in [0.2, 0.25) is 10.0 Å². The molecule has 1 aromatic rings. The van der Waals surface area contributed by atoms with Crippen LogP contribution < -0.4 is 10.0 Å². The van der Waals surface area contributed by atoms with Gasteiger partial charge in [-0.2, -0.15) is 0 Å². The van der Waals surface area contributed by atoms with Crippen molar-refractivity contribution >= 4 is 10.0 Å². The van der Waals surface area contributed by atoms with E-state index in [9.17, 15) is 8.42 Å². The summed E-state index contributed by atoms with van der Waals surface area (Å²) in [7, 11) is -2.08. The molecule has 7 heteroatoms. The van der Waals surface area contributed by atoms with Gasteiger partial charge in [-0.25, -0.2) is 13.1 Å². The van der Waals surface area contributed by atoms with Gasteiger partial charge < -0.3 is 14.5 Å². The van der Waals surface area contributed by atoms with Crippen LogP contribution in [0.2, 0.25) is 0 Å². The Labute approximate surface area is 127 Å². The molecule has 6 nitrogen and oxygen atoms in total. The van der Waals surface area contributed by atoms with E-state index in [1.54, 1.807) is 21.0 Å². The van der Waals surface area contributed by atoms with Crippen molar-refractivity contribution in [3.8, 4) is 0 Å². The molecule has 1 heterocycles. The summed E-state index contributed by atoms with van der Waals surface area (Å²) in [6.45, 7) is 10.5. The molecule has 2 N–H and O–H groups in total. The fraction of sp³-hybridized carbons (Fsp3) is 0.714. The molecule has 1 aromatic heterocycles. The second-order valence-electron chi connectivity index (χ2n) is 5.59. The zero-order valence-corrected chi connectivity index (χ0v) is 14.5. The Hall–Kier alpha value is -0.890. The minimum Gasteiger partial charge on any atom is -0.465 e. The summed E-state index contributed by atoms with van der Waals surface area (Å²) in [5, 5.41) is 3.14. The number of sulfonamides is 1. The zero-order chi connectivity index (χ0) is 16.3. The van der Waals surface area contributed by atoms with E-state index in [2.05, 4.69) is 10.0 Å². The maximum atomic E-state index is 12.6. The van der Waals surface area contributed by atoms with E-state index in [-0.39, 0.29) is 11.4 Å². The summed E-state index contributed by atoms with van der Waals surface area (Å²) >= 11 is 0. The van der Waals surface area contributed by atoms with E-state index in [1.807, 2.05) is 20.8 Å². The number of methoxy groups -OCH3 is 1. The normalized spacial score (nSPS) is 12.9. The molecule has 0 aliphatic carbocycles. The molecule has 0 saturated heterocycles. The van der Waals surface area contributed by atoms with Crippen molar-refractivity contribution < 1.29 is 17.6 Å². The van der Waals surface area contributed by atoms with Crippen LogP contribution in [-0.4, -0.2) is 34.2 Å². The lowest BCUT2D eigenvalue weighted by Gasteiger charge is -2.23. The van der Waals surface area contributed by atoms with Crippen LogP contribution in [0.25, 0.3) is 0 Å². The van der Waals surface area contributed by atoms with E-state index in [4.69, 9.17) is 9.15 Å². The SMILES string of the molecule is CCNCc1c(C)oc(C)c1S(=O)(=O)NCC(C)(C)OC. The van der Waals surface area contributed by atoms with Crippen molar-refractivity contribution in [2.24, 2.45) is 0 Å². The zero-order valence-electron chi connectivity index (χ0n) is 13.7. The average Bonchev–Trinajstić information content (AvgIpc) is 2.69. The number of furan rings is 1. The lowest BCUT2D eigenvalue weighted by Crippen LogP contribution is -2.40. The lowest BCUT2D eigenvalue weighted by molar-refractivity contribution is 0.0276. The summed E-state index contributed by atoms with van der Waals surface area (Å²) in [6.07, 6.45) is 0. The summed E-state index contributed by atoms with van der Waals surface area (Å²) < 4.78 is 38.4. The molecular weight excluding hydrogens is 292 g/mol. The van der Waals surface area contributed by atoms with Crippen LogP contribution in [0.4, 0.5) is 0 Å². The van der Waals surface area contributed by atoms with Gasteiger partial charge in [0.1, 0.15) is 16.4 Å². The molecule has 0 aromatic carbocycles. The minimum atomic E-state index is -3.64. The third-order valence-electron chi connectivity index (χ3n) is 3.39. The molecule has 122 valence electrons. The van der Waals surface area contributed by atoms with Crippen molar-refractivity contribution in [1.82, 2.24) is 10.0 Å². The highest BCUT2D eigenvalue weighted by Crippen LogP contribution is 2.26. The molecule has 0 bridgehead atoms. The van der Waals surface area contributed by atoms with Crippen molar-refractivity contribution in [2.45, 2.75) is 51.7 Å². The average molecular weight is 318 g/mol. The minimum absolute atomic E-state index is 0.191. The van der Waals surface area contributed by atoms with Gasteiger partial charge in [0.15, 0.2) is 0 Å². The van der Waals surface area contributed by atoms with Crippen molar-refractivity contribution in [2.75, 3.05) is 20.2 Å². The Morgan fingerprint density at radius 2 is 1.86 bits per heavy atom. The molecule has 0 saturated carbocycles. The number of hydrogen-bond donors (Lipinski definition) is 2. The highest BCUT2D eigenvalue weighted by molar-refractivity contribution is 7.89. The summed E-state index contributed by atoms with van der Waals surface area (Å²) in [5.41, 5.74) is 0.110. The Bertz CT molecular complexity index is 576. The molecular formula is C14H26N2O4S. The van der Waals surface area contributed by atoms with Gasteiger partial charge in [-0.15, -0.1) is 0 Å². The monoisotopic (exact) mass is 318 g/mol. The van der Waals surface area contributed by atoms with Crippen LogP contribution in [0.5, 0.6) is 0 Å². The van der Waals surface area contributed by atoms with Gasteiger partial charge in [0.05, 0.1) is 5.60 Å². The fourth-order valence-electron chi connectivity index (χ4n) is 1.93. The quantitative estimate of drug-likeness (QED) is 0.763. The van der Waals surface area contributed by atoms with Crippen molar-refractivity contribution in [3.05, 3.63) is 17.1 Å². The molecule has 0 aliphatic heterocycles. The van der Waals surface area contributed by atoms with Gasteiger partial charge in [0.25, 0.3) is 0 Å². The summed E-state index contributed by atoms with van der Waals surface area (Å²) in [4.78, 5) is 0.229. The van der Waals surface area contributed by atoms with E-state index in [0.717, 1.165) is 6.54 Å². The predicted octanol–water partition coefficient (Wildman–Crippen LogP) is 1.71. The number of nitrogens with one attached hydrogen (secondary N) is 2. The number of rotatable bonds is 8. The Balaban J connectivity index is 3.07. The van der Waals surface area contributed by atoms with Crippen LogP contribution in [0.1, 0.15) is 37.9 Å². The van der Waals surface area contributed by atoms with E-state index < -0.39 is 15.6 Å². The van der Waals surface area contributed by atoms with Crippen molar-refractivity contribution in [1.29, 1.82) is 0 Å². The molecule has 0 amide bonds. The van der Waals surface area contributed by atoms with Crippen LogP contribution in [0, 0.1) is 13.8 Å². The summed E-state index contributed by atoms with van der Waals surface area (Å²) in [6, 6.07) is 0. The summed E-state index contributed by atoms with van der Waals surface area (Å²) in [5.74, 6) is 1.03. The highest BCUT2D eigenvalue weighted by Gasteiger charge is 2.28. The molecule has 21 heavy (non-hydrogen) atoms. The van der Waals surface area contributed by atoms with Gasteiger partial charge >= 0.3 is 0 Å². The van der Waals surface area contributed by atoms with Gasteiger partial charge in [-0.1, -0.05) is 6.92 Å². The third-order valence-corrected chi connectivity index (χ3v) is 4.98.